The Bertz CT molecular complexity index is 983. The van der Waals surface area contributed by atoms with Gasteiger partial charge in [-0.2, -0.15) is 0 Å². The summed E-state index contributed by atoms with van der Waals surface area (Å²) in [5.74, 6) is -0.737. The molecule has 144 valence electrons. The van der Waals surface area contributed by atoms with Crippen LogP contribution in [-0.4, -0.2) is 22.6 Å². The Hall–Kier alpha value is -2.25. The van der Waals surface area contributed by atoms with E-state index in [1.165, 1.54) is 23.5 Å². The molecule has 4 nitrogen and oxygen atoms in total. The van der Waals surface area contributed by atoms with Crippen LogP contribution >= 0.6 is 27.3 Å². The lowest BCUT2D eigenvalue weighted by Gasteiger charge is -2.32. The van der Waals surface area contributed by atoms with Crippen molar-refractivity contribution in [2.24, 2.45) is 11.8 Å². The van der Waals surface area contributed by atoms with Gasteiger partial charge in [0.25, 0.3) is 0 Å². The Morgan fingerprint density at radius 2 is 1.68 bits per heavy atom. The molecular formula is C21H18BrFN2O2S. The third-order valence-electron chi connectivity index (χ3n) is 5.05. The van der Waals surface area contributed by atoms with Crippen molar-refractivity contribution < 1.29 is 14.3 Å². The van der Waals surface area contributed by atoms with Gasteiger partial charge in [0.15, 0.2) is 5.13 Å². The van der Waals surface area contributed by atoms with Crippen molar-refractivity contribution in [2.75, 3.05) is 11.9 Å². The van der Waals surface area contributed by atoms with Crippen LogP contribution in [-0.2, 0) is 4.79 Å². The molecule has 1 saturated carbocycles. The van der Waals surface area contributed by atoms with E-state index in [9.17, 15) is 9.18 Å². The van der Waals surface area contributed by atoms with Crippen LogP contribution in [0, 0.1) is 17.7 Å². The summed E-state index contributed by atoms with van der Waals surface area (Å²) in [6.07, 6.45) is 1.46. The lowest BCUT2D eigenvalue weighted by molar-refractivity contribution is -0.146. The van der Waals surface area contributed by atoms with Crippen molar-refractivity contribution in [1.82, 2.24) is 4.98 Å². The van der Waals surface area contributed by atoms with Gasteiger partial charge in [0, 0.05) is 12.1 Å². The molecule has 0 aliphatic heterocycles. The number of anilines is 1. The topological polar surface area (TPSA) is 62.2 Å². The van der Waals surface area contributed by atoms with E-state index in [2.05, 4.69) is 26.2 Å². The molecule has 0 atom stereocenters. The molecule has 3 aromatic rings. The maximum atomic E-state index is 13.1. The number of hydrogen-bond acceptors (Lipinski definition) is 4. The standard InChI is InChI=1S/C21H18BrFN2O2S/c22-19-18(25-21(28-19)24-11-12-9-16(10-12)20(26)27)15-3-1-13(2-4-15)14-5-7-17(23)8-6-14/h1-8,12,16H,9-11H2,(H,24,25)(H,26,27). The molecule has 0 saturated heterocycles. The van der Waals surface area contributed by atoms with E-state index < -0.39 is 5.97 Å². The summed E-state index contributed by atoms with van der Waals surface area (Å²) in [5, 5.41) is 13.1. The number of carboxylic acid groups (broad SMARTS) is 1. The normalized spacial score (nSPS) is 18.5. The van der Waals surface area contributed by atoms with Gasteiger partial charge in [-0.1, -0.05) is 47.7 Å². The molecular weight excluding hydrogens is 443 g/mol. The van der Waals surface area contributed by atoms with Gasteiger partial charge in [0.05, 0.1) is 15.4 Å². The fraction of sp³-hybridized carbons (Fsp3) is 0.238. The molecule has 0 unspecified atom stereocenters. The number of aromatic nitrogens is 1. The van der Waals surface area contributed by atoms with Crippen LogP contribution in [0.1, 0.15) is 12.8 Å². The number of halogens is 2. The number of benzene rings is 2. The molecule has 1 aliphatic carbocycles. The Kier molecular flexibility index (Phi) is 5.46. The first-order chi connectivity index (χ1) is 13.5. The monoisotopic (exact) mass is 460 g/mol. The summed E-state index contributed by atoms with van der Waals surface area (Å²) in [6.45, 7) is 0.743. The molecule has 0 spiro atoms. The van der Waals surface area contributed by atoms with Gasteiger partial charge < -0.3 is 10.4 Å². The average Bonchev–Trinajstić information content (AvgIpc) is 3.01. The predicted molar refractivity (Wildman–Crippen MR) is 113 cm³/mol. The fourth-order valence-corrected chi connectivity index (χ4v) is 4.85. The van der Waals surface area contributed by atoms with E-state index >= 15 is 0 Å². The summed E-state index contributed by atoms with van der Waals surface area (Å²) < 4.78 is 14.0. The van der Waals surface area contributed by atoms with Crippen LogP contribution in [0.3, 0.4) is 0 Å². The molecule has 0 radical (unpaired) electrons. The summed E-state index contributed by atoms with van der Waals surface area (Å²) in [5.41, 5.74) is 3.85. The minimum Gasteiger partial charge on any atom is -0.481 e. The second-order valence-corrected chi connectivity index (χ2v) is 9.30. The van der Waals surface area contributed by atoms with Gasteiger partial charge in [0.1, 0.15) is 5.82 Å². The first-order valence-corrected chi connectivity index (χ1v) is 10.6. The molecule has 0 amide bonds. The average molecular weight is 461 g/mol. The smallest absolute Gasteiger partial charge is 0.306 e. The van der Waals surface area contributed by atoms with E-state index in [1.807, 2.05) is 24.3 Å². The van der Waals surface area contributed by atoms with E-state index in [0.717, 1.165) is 50.7 Å². The van der Waals surface area contributed by atoms with Gasteiger partial charge in [-0.25, -0.2) is 9.37 Å². The van der Waals surface area contributed by atoms with Gasteiger partial charge in [-0.15, -0.1) is 0 Å². The summed E-state index contributed by atoms with van der Waals surface area (Å²) in [6, 6.07) is 14.5. The van der Waals surface area contributed by atoms with Crippen LogP contribution in [0.5, 0.6) is 0 Å². The van der Waals surface area contributed by atoms with Crippen LogP contribution < -0.4 is 5.32 Å². The molecule has 0 bridgehead atoms. The number of carboxylic acids is 1. The van der Waals surface area contributed by atoms with Crippen LogP contribution in [0.4, 0.5) is 9.52 Å². The van der Waals surface area contributed by atoms with E-state index in [-0.39, 0.29) is 11.7 Å². The first kappa shape index (κ1) is 19.1. The van der Waals surface area contributed by atoms with Crippen molar-refractivity contribution >= 4 is 38.4 Å². The number of carbonyl (C=O) groups is 1. The maximum Gasteiger partial charge on any atom is 0.306 e. The van der Waals surface area contributed by atoms with Gasteiger partial charge in [-0.05, 0) is 57.9 Å². The quantitative estimate of drug-likeness (QED) is 0.480. The number of nitrogens with one attached hydrogen (secondary N) is 1. The highest BCUT2D eigenvalue weighted by Crippen LogP contribution is 2.38. The van der Waals surface area contributed by atoms with Crippen LogP contribution in [0.2, 0.25) is 0 Å². The highest BCUT2D eigenvalue weighted by Gasteiger charge is 2.34. The third-order valence-corrected chi connectivity index (χ3v) is 6.71. The zero-order chi connectivity index (χ0) is 19.7. The van der Waals surface area contributed by atoms with Crippen LogP contribution in [0.25, 0.3) is 22.4 Å². The highest BCUT2D eigenvalue weighted by molar-refractivity contribution is 9.11. The molecule has 1 aliphatic rings. The Morgan fingerprint density at radius 3 is 2.29 bits per heavy atom. The summed E-state index contributed by atoms with van der Waals surface area (Å²) >= 11 is 5.12. The van der Waals surface area contributed by atoms with Gasteiger partial charge in [0.2, 0.25) is 0 Å². The number of nitrogens with zero attached hydrogens (tertiary/aromatic N) is 1. The predicted octanol–water partition coefficient (Wildman–Crippen LogP) is 5.90. The van der Waals surface area contributed by atoms with Crippen LogP contribution in [0.15, 0.2) is 52.3 Å². The minimum absolute atomic E-state index is 0.190. The fourth-order valence-electron chi connectivity index (χ4n) is 3.35. The lowest BCUT2D eigenvalue weighted by Crippen LogP contribution is -2.34. The second kappa shape index (κ2) is 8.01. The molecule has 28 heavy (non-hydrogen) atoms. The van der Waals surface area contributed by atoms with E-state index in [0.29, 0.717) is 5.92 Å². The number of thiazole rings is 1. The Labute approximate surface area is 174 Å². The van der Waals surface area contributed by atoms with E-state index in [1.54, 1.807) is 12.1 Å². The summed E-state index contributed by atoms with van der Waals surface area (Å²) in [7, 11) is 0. The zero-order valence-corrected chi connectivity index (χ0v) is 17.3. The number of hydrogen-bond donors (Lipinski definition) is 2. The highest BCUT2D eigenvalue weighted by atomic mass is 79.9. The number of aliphatic carboxylic acids is 1. The van der Waals surface area contributed by atoms with Gasteiger partial charge in [-0.3, -0.25) is 4.79 Å². The number of rotatable bonds is 6. The SMILES string of the molecule is O=C(O)C1CC(CNc2nc(-c3ccc(-c4ccc(F)cc4)cc3)c(Br)s2)C1. The summed E-state index contributed by atoms with van der Waals surface area (Å²) in [4.78, 5) is 15.6. The van der Waals surface area contributed by atoms with Crippen molar-refractivity contribution in [2.45, 2.75) is 12.8 Å². The second-order valence-electron chi connectivity index (χ2n) is 6.98. The molecule has 1 fully saturated rings. The van der Waals surface area contributed by atoms with Crippen molar-refractivity contribution in [3.8, 4) is 22.4 Å². The zero-order valence-electron chi connectivity index (χ0n) is 14.9. The third kappa shape index (κ3) is 4.10. The first-order valence-electron chi connectivity index (χ1n) is 8.99. The molecule has 2 aromatic carbocycles. The van der Waals surface area contributed by atoms with Crippen molar-refractivity contribution in [1.29, 1.82) is 0 Å². The molecule has 2 N–H and O–H groups in total. The molecule has 4 rings (SSSR count). The van der Waals surface area contributed by atoms with Gasteiger partial charge >= 0.3 is 5.97 Å². The van der Waals surface area contributed by atoms with Crippen molar-refractivity contribution in [3.63, 3.8) is 0 Å². The van der Waals surface area contributed by atoms with E-state index in [4.69, 9.17) is 5.11 Å². The molecule has 7 heteroatoms. The lowest BCUT2D eigenvalue weighted by atomic mass is 9.75. The molecule has 1 aromatic heterocycles. The largest absolute Gasteiger partial charge is 0.481 e. The van der Waals surface area contributed by atoms with Crippen molar-refractivity contribution in [3.05, 3.63) is 58.1 Å². The molecule has 1 heterocycles. The Morgan fingerprint density at radius 1 is 1.11 bits per heavy atom. The maximum absolute atomic E-state index is 13.1. The Balaban J connectivity index is 1.42. The minimum atomic E-state index is -0.695.